The molecule has 18 heavy (non-hydrogen) atoms. The van der Waals surface area contributed by atoms with Crippen molar-refractivity contribution in [2.45, 2.75) is 12.6 Å². The first-order valence-electron chi connectivity index (χ1n) is 6.49. The van der Waals surface area contributed by atoms with Crippen molar-refractivity contribution in [2.75, 3.05) is 39.9 Å². The zero-order chi connectivity index (χ0) is 12.8. The topological polar surface area (TPSA) is 44.7 Å². The molecule has 1 fully saturated rings. The van der Waals surface area contributed by atoms with Crippen molar-refractivity contribution in [1.29, 1.82) is 0 Å². The summed E-state index contributed by atoms with van der Waals surface area (Å²) in [6.07, 6.45) is 0. The van der Waals surface area contributed by atoms with Gasteiger partial charge in [0.25, 0.3) is 0 Å². The van der Waals surface area contributed by atoms with E-state index in [4.69, 9.17) is 4.74 Å². The van der Waals surface area contributed by atoms with Crippen LogP contribution < -0.4 is 5.32 Å². The number of rotatable bonds is 5. The summed E-state index contributed by atoms with van der Waals surface area (Å²) in [7, 11) is 1.70. The number of ether oxygens (including phenoxy) is 1. The molecule has 4 nitrogen and oxygen atoms in total. The Balaban J connectivity index is 2.20. The molecule has 1 atom stereocenters. The maximum absolute atomic E-state index is 9.72. The maximum atomic E-state index is 9.72. The van der Waals surface area contributed by atoms with Gasteiger partial charge in [0, 0.05) is 33.3 Å². The molecule has 1 aromatic carbocycles. The molecule has 1 unspecified atom stereocenters. The summed E-state index contributed by atoms with van der Waals surface area (Å²) < 4.78 is 5.24. The van der Waals surface area contributed by atoms with Gasteiger partial charge in [-0.1, -0.05) is 24.3 Å². The number of hydrogen-bond acceptors (Lipinski definition) is 4. The van der Waals surface area contributed by atoms with Crippen LogP contribution in [-0.4, -0.2) is 49.9 Å². The minimum atomic E-state index is 0.0819. The van der Waals surface area contributed by atoms with E-state index in [0.717, 1.165) is 31.7 Å². The molecule has 0 aromatic heterocycles. The normalized spacial score (nSPS) is 18.8. The molecule has 0 spiro atoms. The predicted molar refractivity (Wildman–Crippen MR) is 71.4 cm³/mol. The minimum Gasteiger partial charge on any atom is -0.394 e. The van der Waals surface area contributed by atoms with E-state index in [2.05, 4.69) is 22.3 Å². The summed E-state index contributed by atoms with van der Waals surface area (Å²) in [5.74, 6) is 0. The summed E-state index contributed by atoms with van der Waals surface area (Å²) in [6, 6.07) is 8.29. The van der Waals surface area contributed by atoms with Crippen molar-refractivity contribution >= 4 is 0 Å². The lowest BCUT2D eigenvalue weighted by molar-refractivity contribution is 0.108. The van der Waals surface area contributed by atoms with Gasteiger partial charge in [0.15, 0.2) is 0 Å². The van der Waals surface area contributed by atoms with Gasteiger partial charge in [-0.2, -0.15) is 0 Å². The van der Waals surface area contributed by atoms with Gasteiger partial charge < -0.3 is 15.2 Å². The van der Waals surface area contributed by atoms with Gasteiger partial charge in [0.2, 0.25) is 0 Å². The first-order valence-corrected chi connectivity index (χ1v) is 6.49. The van der Waals surface area contributed by atoms with E-state index in [-0.39, 0.29) is 12.6 Å². The molecule has 1 heterocycles. The number of piperazine rings is 1. The maximum Gasteiger partial charge on any atom is 0.0716 e. The zero-order valence-electron chi connectivity index (χ0n) is 10.9. The predicted octanol–water partition coefficient (Wildman–Crippen LogP) is 0.772. The first kappa shape index (κ1) is 13.5. The molecule has 1 aliphatic heterocycles. The number of hydrogen-bond donors (Lipinski definition) is 2. The lowest BCUT2D eigenvalue weighted by atomic mass is 9.99. The van der Waals surface area contributed by atoms with Gasteiger partial charge in [-0.3, -0.25) is 4.90 Å². The molecule has 4 heteroatoms. The summed E-state index contributed by atoms with van der Waals surface area (Å²) in [5.41, 5.74) is 2.35. The Morgan fingerprint density at radius 1 is 1.33 bits per heavy atom. The van der Waals surface area contributed by atoms with Crippen molar-refractivity contribution in [3.05, 3.63) is 35.4 Å². The third-order valence-corrected chi connectivity index (χ3v) is 3.48. The number of nitrogens with zero attached hydrogens (tertiary/aromatic N) is 1. The van der Waals surface area contributed by atoms with Gasteiger partial charge in [-0.05, 0) is 11.1 Å². The number of nitrogens with one attached hydrogen (secondary N) is 1. The van der Waals surface area contributed by atoms with E-state index in [1.165, 1.54) is 5.56 Å². The Hall–Kier alpha value is -0.940. The average Bonchev–Trinajstić information content (AvgIpc) is 2.43. The molecule has 0 amide bonds. The second kappa shape index (κ2) is 6.85. The Morgan fingerprint density at radius 3 is 2.72 bits per heavy atom. The van der Waals surface area contributed by atoms with E-state index in [9.17, 15) is 5.11 Å². The van der Waals surface area contributed by atoms with Crippen molar-refractivity contribution in [3.8, 4) is 0 Å². The Kier molecular flexibility index (Phi) is 5.13. The third kappa shape index (κ3) is 3.09. The van der Waals surface area contributed by atoms with Gasteiger partial charge in [0.1, 0.15) is 0 Å². The largest absolute Gasteiger partial charge is 0.394 e. The number of aliphatic hydroxyl groups is 1. The van der Waals surface area contributed by atoms with E-state index in [0.29, 0.717) is 6.61 Å². The Morgan fingerprint density at radius 2 is 2.06 bits per heavy atom. The number of aliphatic hydroxyl groups excluding tert-OH is 1. The molecule has 1 aromatic rings. The van der Waals surface area contributed by atoms with Crippen LogP contribution in [0.2, 0.25) is 0 Å². The van der Waals surface area contributed by atoms with E-state index in [1.807, 2.05) is 12.1 Å². The fraction of sp³-hybridized carbons (Fsp3) is 0.571. The van der Waals surface area contributed by atoms with E-state index in [1.54, 1.807) is 7.11 Å². The van der Waals surface area contributed by atoms with Crippen LogP contribution in [-0.2, 0) is 11.3 Å². The van der Waals surface area contributed by atoms with Gasteiger partial charge in [0.05, 0.1) is 19.3 Å². The highest BCUT2D eigenvalue weighted by molar-refractivity contribution is 5.30. The second-order valence-corrected chi connectivity index (χ2v) is 4.62. The number of methoxy groups -OCH3 is 1. The van der Waals surface area contributed by atoms with Crippen LogP contribution in [0.3, 0.4) is 0 Å². The van der Waals surface area contributed by atoms with Crippen molar-refractivity contribution in [1.82, 2.24) is 10.2 Å². The second-order valence-electron chi connectivity index (χ2n) is 4.62. The Bertz CT molecular complexity index is 365. The van der Waals surface area contributed by atoms with Crippen LogP contribution in [0, 0.1) is 0 Å². The van der Waals surface area contributed by atoms with Crippen LogP contribution in [0.15, 0.2) is 24.3 Å². The first-order chi connectivity index (χ1) is 8.86. The average molecular weight is 250 g/mol. The molecule has 0 bridgehead atoms. The molecule has 2 N–H and O–H groups in total. The van der Waals surface area contributed by atoms with Crippen molar-refractivity contribution < 1.29 is 9.84 Å². The summed E-state index contributed by atoms with van der Waals surface area (Å²) in [5, 5.41) is 13.1. The molecular formula is C14H22N2O2. The van der Waals surface area contributed by atoms with Crippen LogP contribution in [0.5, 0.6) is 0 Å². The fourth-order valence-electron chi connectivity index (χ4n) is 2.55. The minimum absolute atomic E-state index is 0.0819. The summed E-state index contributed by atoms with van der Waals surface area (Å²) >= 11 is 0. The highest BCUT2D eigenvalue weighted by Crippen LogP contribution is 2.24. The van der Waals surface area contributed by atoms with Crippen LogP contribution in [0.4, 0.5) is 0 Å². The van der Waals surface area contributed by atoms with E-state index < -0.39 is 0 Å². The molecule has 1 aliphatic rings. The summed E-state index contributed by atoms with van der Waals surface area (Å²) in [4.78, 5) is 2.34. The molecule has 0 radical (unpaired) electrons. The third-order valence-electron chi connectivity index (χ3n) is 3.48. The molecule has 0 aliphatic carbocycles. The van der Waals surface area contributed by atoms with Crippen LogP contribution in [0.25, 0.3) is 0 Å². The molecule has 0 saturated carbocycles. The molecule has 100 valence electrons. The van der Waals surface area contributed by atoms with Crippen LogP contribution >= 0.6 is 0 Å². The standard InChI is InChI=1S/C14H22N2O2/c1-18-11-12-4-2-3-5-13(12)14(10-17)16-8-6-15-7-9-16/h2-5,14-15,17H,6-11H2,1H3. The monoisotopic (exact) mass is 250 g/mol. The number of benzene rings is 1. The fourth-order valence-corrected chi connectivity index (χ4v) is 2.55. The van der Waals surface area contributed by atoms with E-state index >= 15 is 0 Å². The quantitative estimate of drug-likeness (QED) is 0.810. The smallest absolute Gasteiger partial charge is 0.0716 e. The van der Waals surface area contributed by atoms with Crippen molar-refractivity contribution in [2.24, 2.45) is 0 Å². The highest BCUT2D eigenvalue weighted by atomic mass is 16.5. The van der Waals surface area contributed by atoms with Crippen LogP contribution in [0.1, 0.15) is 17.2 Å². The molecule has 2 rings (SSSR count). The zero-order valence-corrected chi connectivity index (χ0v) is 10.9. The van der Waals surface area contributed by atoms with Gasteiger partial charge in [-0.25, -0.2) is 0 Å². The highest BCUT2D eigenvalue weighted by Gasteiger charge is 2.23. The SMILES string of the molecule is COCc1ccccc1C(CO)N1CCNCC1. The Labute approximate surface area is 109 Å². The van der Waals surface area contributed by atoms with Gasteiger partial charge >= 0.3 is 0 Å². The summed E-state index contributed by atoms with van der Waals surface area (Å²) in [6.45, 7) is 4.68. The van der Waals surface area contributed by atoms with Crippen molar-refractivity contribution in [3.63, 3.8) is 0 Å². The molecular weight excluding hydrogens is 228 g/mol. The lowest BCUT2D eigenvalue weighted by Crippen LogP contribution is -2.46. The molecule has 1 saturated heterocycles. The lowest BCUT2D eigenvalue weighted by Gasteiger charge is -2.35. The van der Waals surface area contributed by atoms with Gasteiger partial charge in [-0.15, -0.1) is 0 Å².